The monoisotopic (exact) mass is 132 g/mol. The third kappa shape index (κ3) is 0.942. The van der Waals surface area contributed by atoms with Gasteiger partial charge in [0.15, 0.2) is 0 Å². The summed E-state index contributed by atoms with van der Waals surface area (Å²) < 4.78 is 0. The van der Waals surface area contributed by atoms with E-state index in [4.69, 9.17) is 0 Å². The van der Waals surface area contributed by atoms with E-state index >= 15 is 0 Å². The molecule has 10 heavy (non-hydrogen) atoms. The topological polar surface area (TPSA) is 0 Å². The van der Waals surface area contributed by atoms with Crippen LogP contribution in [0.25, 0.3) is 0 Å². The Morgan fingerprint density at radius 3 is 2.30 bits per heavy atom. The molecule has 1 aliphatic rings. The number of benzene rings is 1. The van der Waals surface area contributed by atoms with Crippen LogP contribution in [0.15, 0.2) is 30.3 Å². The van der Waals surface area contributed by atoms with Crippen molar-refractivity contribution in [2.45, 2.75) is 19.3 Å². The van der Waals surface area contributed by atoms with Gasteiger partial charge in [-0.25, -0.2) is 0 Å². The molecule has 1 unspecified atom stereocenters. The van der Waals surface area contributed by atoms with Gasteiger partial charge in [0.1, 0.15) is 0 Å². The Morgan fingerprint density at radius 2 is 1.80 bits per heavy atom. The molecule has 0 nitrogen and oxygen atoms in total. The van der Waals surface area contributed by atoms with Crippen LogP contribution in [0.4, 0.5) is 0 Å². The third-order valence-electron chi connectivity index (χ3n) is 2.34. The lowest BCUT2D eigenvalue weighted by atomic mass is 10.1. The van der Waals surface area contributed by atoms with Gasteiger partial charge in [0.2, 0.25) is 0 Å². The van der Waals surface area contributed by atoms with Gasteiger partial charge in [0, 0.05) is 0 Å². The Hall–Kier alpha value is -0.780. The van der Waals surface area contributed by atoms with Gasteiger partial charge >= 0.3 is 0 Å². The van der Waals surface area contributed by atoms with Crippen molar-refractivity contribution in [2.24, 2.45) is 5.92 Å². The first-order chi connectivity index (χ1) is 4.88. The van der Waals surface area contributed by atoms with E-state index in [0.29, 0.717) is 0 Å². The summed E-state index contributed by atoms with van der Waals surface area (Å²) in [6.07, 6.45) is 1.39. The van der Waals surface area contributed by atoms with Gasteiger partial charge in [-0.1, -0.05) is 37.3 Å². The maximum atomic E-state index is 2.32. The zero-order chi connectivity index (χ0) is 6.97. The van der Waals surface area contributed by atoms with Gasteiger partial charge in [-0.05, 0) is 23.8 Å². The lowest BCUT2D eigenvalue weighted by molar-refractivity contribution is 0.915. The first kappa shape index (κ1) is 5.96. The van der Waals surface area contributed by atoms with Crippen LogP contribution in [-0.4, -0.2) is 0 Å². The molecule has 0 heterocycles. The van der Waals surface area contributed by atoms with Crippen molar-refractivity contribution in [3.63, 3.8) is 0 Å². The summed E-state index contributed by atoms with van der Waals surface area (Å²) in [6, 6.07) is 10.8. The molecule has 2 atom stereocenters. The SMILES string of the molecule is CC1C[C@@H]1c1ccccc1. The van der Waals surface area contributed by atoms with Crippen molar-refractivity contribution in [3.05, 3.63) is 35.9 Å². The Balaban J connectivity index is 2.20. The summed E-state index contributed by atoms with van der Waals surface area (Å²) in [5.74, 6) is 1.81. The highest BCUT2D eigenvalue weighted by Gasteiger charge is 2.33. The van der Waals surface area contributed by atoms with Crippen LogP contribution in [0.3, 0.4) is 0 Å². The van der Waals surface area contributed by atoms with E-state index < -0.39 is 0 Å². The van der Waals surface area contributed by atoms with E-state index in [2.05, 4.69) is 37.3 Å². The predicted molar refractivity (Wildman–Crippen MR) is 43.0 cm³/mol. The molecular formula is C10H12. The van der Waals surface area contributed by atoms with Crippen molar-refractivity contribution in [1.82, 2.24) is 0 Å². The van der Waals surface area contributed by atoms with Crippen LogP contribution in [-0.2, 0) is 0 Å². The largest absolute Gasteiger partial charge is 0.0622 e. The quantitative estimate of drug-likeness (QED) is 0.551. The fourth-order valence-electron chi connectivity index (χ4n) is 1.49. The van der Waals surface area contributed by atoms with Crippen LogP contribution in [0, 0.1) is 5.92 Å². The van der Waals surface area contributed by atoms with Gasteiger partial charge in [-0.2, -0.15) is 0 Å². The van der Waals surface area contributed by atoms with Gasteiger partial charge in [0.05, 0.1) is 0 Å². The van der Waals surface area contributed by atoms with Crippen LogP contribution in [0.2, 0.25) is 0 Å². The maximum Gasteiger partial charge on any atom is -0.0133 e. The molecule has 0 saturated heterocycles. The number of hydrogen-bond donors (Lipinski definition) is 0. The molecule has 0 heteroatoms. The lowest BCUT2D eigenvalue weighted by Crippen LogP contribution is -1.77. The Bertz CT molecular complexity index is 213. The van der Waals surface area contributed by atoms with Crippen LogP contribution >= 0.6 is 0 Å². The summed E-state index contributed by atoms with van der Waals surface area (Å²) in [6.45, 7) is 2.32. The summed E-state index contributed by atoms with van der Waals surface area (Å²) in [5, 5.41) is 0. The van der Waals surface area contributed by atoms with E-state index in [1.54, 1.807) is 0 Å². The molecule has 0 bridgehead atoms. The van der Waals surface area contributed by atoms with Gasteiger partial charge in [-0.15, -0.1) is 0 Å². The molecule has 0 aromatic heterocycles. The molecule has 1 aromatic carbocycles. The summed E-state index contributed by atoms with van der Waals surface area (Å²) >= 11 is 0. The van der Waals surface area contributed by atoms with Crippen molar-refractivity contribution in [3.8, 4) is 0 Å². The van der Waals surface area contributed by atoms with E-state index in [-0.39, 0.29) is 0 Å². The smallest absolute Gasteiger partial charge is 0.0133 e. The fourth-order valence-corrected chi connectivity index (χ4v) is 1.49. The predicted octanol–water partition coefficient (Wildman–Crippen LogP) is 2.81. The Morgan fingerprint density at radius 1 is 1.20 bits per heavy atom. The first-order valence-corrected chi connectivity index (χ1v) is 3.93. The van der Waals surface area contributed by atoms with Gasteiger partial charge in [0.25, 0.3) is 0 Å². The molecule has 1 aliphatic carbocycles. The van der Waals surface area contributed by atoms with E-state index in [1.807, 2.05) is 0 Å². The first-order valence-electron chi connectivity index (χ1n) is 3.93. The molecule has 0 amide bonds. The Kier molecular flexibility index (Phi) is 1.26. The van der Waals surface area contributed by atoms with Crippen LogP contribution in [0.1, 0.15) is 24.8 Å². The van der Waals surface area contributed by atoms with Crippen molar-refractivity contribution < 1.29 is 0 Å². The van der Waals surface area contributed by atoms with E-state index in [0.717, 1.165) is 11.8 Å². The second kappa shape index (κ2) is 2.12. The third-order valence-corrected chi connectivity index (χ3v) is 2.34. The van der Waals surface area contributed by atoms with E-state index in [9.17, 15) is 0 Å². The standard InChI is InChI=1S/C10H12/c1-8-7-10(8)9-5-3-2-4-6-9/h2-6,8,10H,7H2,1H3/t8?,10-/m0/s1. The summed E-state index contributed by atoms with van der Waals surface area (Å²) in [7, 11) is 0. The van der Waals surface area contributed by atoms with E-state index in [1.165, 1.54) is 12.0 Å². The van der Waals surface area contributed by atoms with Crippen molar-refractivity contribution in [1.29, 1.82) is 0 Å². The molecular weight excluding hydrogens is 120 g/mol. The highest BCUT2D eigenvalue weighted by Crippen LogP contribution is 2.46. The van der Waals surface area contributed by atoms with Gasteiger partial charge < -0.3 is 0 Å². The van der Waals surface area contributed by atoms with Crippen molar-refractivity contribution >= 4 is 0 Å². The second-order valence-corrected chi connectivity index (χ2v) is 3.23. The highest BCUT2D eigenvalue weighted by atomic mass is 14.4. The summed E-state index contributed by atoms with van der Waals surface area (Å²) in [5.41, 5.74) is 1.52. The lowest BCUT2D eigenvalue weighted by Gasteiger charge is -1.94. The molecule has 52 valence electrons. The minimum atomic E-state index is 0.876. The highest BCUT2D eigenvalue weighted by molar-refractivity contribution is 5.24. The number of rotatable bonds is 1. The van der Waals surface area contributed by atoms with Gasteiger partial charge in [-0.3, -0.25) is 0 Å². The maximum absolute atomic E-state index is 2.32. The minimum Gasteiger partial charge on any atom is -0.0622 e. The van der Waals surface area contributed by atoms with Crippen LogP contribution < -0.4 is 0 Å². The molecule has 0 aliphatic heterocycles. The normalized spacial score (nSPS) is 30.1. The molecule has 1 fully saturated rings. The number of hydrogen-bond acceptors (Lipinski definition) is 0. The molecule has 1 saturated carbocycles. The molecule has 0 N–H and O–H groups in total. The molecule has 0 spiro atoms. The average molecular weight is 132 g/mol. The summed E-state index contributed by atoms with van der Waals surface area (Å²) in [4.78, 5) is 0. The second-order valence-electron chi connectivity index (χ2n) is 3.23. The fraction of sp³-hybridized carbons (Fsp3) is 0.400. The zero-order valence-corrected chi connectivity index (χ0v) is 6.25. The minimum absolute atomic E-state index is 0.876. The molecule has 1 aromatic rings. The Labute approximate surface area is 61.9 Å². The molecule has 0 radical (unpaired) electrons. The van der Waals surface area contributed by atoms with Crippen molar-refractivity contribution in [2.75, 3.05) is 0 Å². The average Bonchev–Trinajstić information content (AvgIpc) is 2.69. The zero-order valence-electron chi connectivity index (χ0n) is 6.25. The van der Waals surface area contributed by atoms with Crippen LogP contribution in [0.5, 0.6) is 0 Å². The molecule has 2 rings (SSSR count).